The second-order valence-electron chi connectivity index (χ2n) is 7.48. The molecule has 4 nitrogen and oxygen atoms in total. The fraction of sp³-hybridized carbons (Fsp3) is 0.154. The molecule has 1 aromatic heterocycles. The molecule has 3 aromatic carbocycles. The number of carbonyl (C=O) groups is 1. The average molecular weight is 429 g/mol. The summed E-state index contributed by atoms with van der Waals surface area (Å²) >= 11 is 1.62. The van der Waals surface area contributed by atoms with Crippen molar-refractivity contribution in [3.8, 4) is 11.3 Å². The van der Waals surface area contributed by atoms with Crippen LogP contribution in [0.4, 0.5) is 0 Å². The monoisotopic (exact) mass is 428 g/mol. The Morgan fingerprint density at radius 3 is 2.39 bits per heavy atom. The van der Waals surface area contributed by atoms with Crippen molar-refractivity contribution in [3.63, 3.8) is 0 Å². The number of ether oxygens (including phenoxy) is 1. The minimum Gasteiger partial charge on any atom is -0.457 e. The van der Waals surface area contributed by atoms with Crippen molar-refractivity contribution < 1.29 is 9.53 Å². The van der Waals surface area contributed by atoms with Gasteiger partial charge in [0.05, 0.1) is 5.56 Å². The summed E-state index contributed by atoms with van der Waals surface area (Å²) in [4.78, 5) is 13.8. The van der Waals surface area contributed by atoms with Gasteiger partial charge in [-0.05, 0) is 38.1 Å². The van der Waals surface area contributed by atoms with E-state index < -0.39 is 0 Å². The van der Waals surface area contributed by atoms with E-state index in [1.165, 1.54) is 5.56 Å². The van der Waals surface area contributed by atoms with E-state index in [9.17, 15) is 4.79 Å². The van der Waals surface area contributed by atoms with Gasteiger partial charge in [-0.3, -0.25) is 4.68 Å². The molecule has 0 aliphatic heterocycles. The van der Waals surface area contributed by atoms with Gasteiger partial charge in [-0.2, -0.15) is 5.10 Å². The molecule has 1 heterocycles. The average Bonchev–Trinajstić information content (AvgIpc) is 3.09. The first-order valence-electron chi connectivity index (χ1n) is 10.1. The van der Waals surface area contributed by atoms with Gasteiger partial charge in [0.15, 0.2) is 0 Å². The molecular weight excluding hydrogens is 404 g/mol. The van der Waals surface area contributed by atoms with Gasteiger partial charge in [-0.15, -0.1) is 0 Å². The Bertz CT molecular complexity index is 1200. The second-order valence-corrected chi connectivity index (χ2v) is 8.54. The Hall–Kier alpha value is -3.31. The van der Waals surface area contributed by atoms with Gasteiger partial charge in [0.2, 0.25) is 0 Å². The molecule has 4 aromatic rings. The third-order valence-electron chi connectivity index (χ3n) is 4.97. The summed E-state index contributed by atoms with van der Waals surface area (Å²) in [5.74, 6) is -0.335. The molecule has 0 aliphatic rings. The molecule has 0 N–H and O–H groups in total. The Kier molecular flexibility index (Phi) is 6.23. The predicted octanol–water partition coefficient (Wildman–Crippen LogP) is 6.21. The molecule has 0 saturated heterocycles. The van der Waals surface area contributed by atoms with Gasteiger partial charge in [-0.1, -0.05) is 77.5 Å². The maximum atomic E-state index is 12.7. The van der Waals surface area contributed by atoms with E-state index >= 15 is 0 Å². The van der Waals surface area contributed by atoms with Crippen molar-refractivity contribution in [2.45, 2.75) is 30.4 Å². The maximum Gasteiger partial charge on any atom is 0.338 e. The van der Waals surface area contributed by atoms with E-state index in [1.54, 1.807) is 17.8 Å². The van der Waals surface area contributed by atoms with Gasteiger partial charge >= 0.3 is 5.97 Å². The van der Waals surface area contributed by atoms with Gasteiger partial charge < -0.3 is 4.74 Å². The molecule has 0 bridgehead atoms. The molecule has 5 heteroatoms. The van der Waals surface area contributed by atoms with E-state index in [-0.39, 0.29) is 12.6 Å². The molecule has 0 spiro atoms. The molecule has 0 unspecified atom stereocenters. The molecule has 0 saturated carbocycles. The summed E-state index contributed by atoms with van der Waals surface area (Å²) in [6.45, 7) is 4.18. The molecular formula is C26H24N2O2S. The first-order chi connectivity index (χ1) is 15.0. The number of carbonyl (C=O) groups excluding carboxylic acids is 1. The van der Waals surface area contributed by atoms with Crippen molar-refractivity contribution in [3.05, 3.63) is 101 Å². The number of aryl methyl sites for hydroxylation is 3. The van der Waals surface area contributed by atoms with E-state index in [2.05, 4.69) is 31.2 Å². The maximum absolute atomic E-state index is 12.7. The van der Waals surface area contributed by atoms with Crippen LogP contribution in [0, 0.1) is 13.8 Å². The highest BCUT2D eigenvalue weighted by Gasteiger charge is 2.20. The molecule has 0 radical (unpaired) electrons. The summed E-state index contributed by atoms with van der Waals surface area (Å²) in [5, 5.41) is 5.72. The van der Waals surface area contributed by atoms with Crippen LogP contribution in [0.2, 0.25) is 0 Å². The van der Waals surface area contributed by atoms with Crippen molar-refractivity contribution in [1.29, 1.82) is 0 Å². The van der Waals surface area contributed by atoms with Gasteiger partial charge in [-0.25, -0.2) is 4.79 Å². The zero-order chi connectivity index (χ0) is 21.8. The van der Waals surface area contributed by atoms with E-state index in [0.29, 0.717) is 5.56 Å². The van der Waals surface area contributed by atoms with E-state index in [1.807, 2.05) is 67.2 Å². The van der Waals surface area contributed by atoms with Crippen LogP contribution in [0.5, 0.6) is 0 Å². The molecule has 0 fully saturated rings. The van der Waals surface area contributed by atoms with Crippen LogP contribution in [0.15, 0.2) is 88.8 Å². The lowest BCUT2D eigenvalue weighted by atomic mass is 10.1. The second kappa shape index (κ2) is 9.23. The topological polar surface area (TPSA) is 44.1 Å². The van der Waals surface area contributed by atoms with Crippen molar-refractivity contribution >= 4 is 17.7 Å². The van der Waals surface area contributed by atoms with Crippen LogP contribution in [0.1, 0.15) is 27.0 Å². The van der Waals surface area contributed by atoms with Crippen molar-refractivity contribution in [1.82, 2.24) is 9.78 Å². The molecule has 156 valence electrons. The largest absolute Gasteiger partial charge is 0.457 e. The van der Waals surface area contributed by atoms with Crippen LogP contribution in [0.25, 0.3) is 11.3 Å². The highest BCUT2D eigenvalue weighted by molar-refractivity contribution is 7.99. The lowest BCUT2D eigenvalue weighted by Gasteiger charge is -2.09. The summed E-state index contributed by atoms with van der Waals surface area (Å²) in [6.07, 6.45) is 0. The SMILES string of the molecule is Cc1ccc(Sc2c(COC(=O)c3cccc(C)c3)c(-c3ccccc3)nn2C)cc1. The van der Waals surface area contributed by atoms with E-state index in [4.69, 9.17) is 9.84 Å². The van der Waals surface area contributed by atoms with Crippen LogP contribution in [-0.4, -0.2) is 15.7 Å². The summed E-state index contributed by atoms with van der Waals surface area (Å²) < 4.78 is 7.60. The molecule has 4 rings (SSSR count). The first kappa shape index (κ1) is 20.9. The van der Waals surface area contributed by atoms with Crippen molar-refractivity contribution in [2.24, 2.45) is 7.05 Å². The van der Waals surface area contributed by atoms with Crippen molar-refractivity contribution in [2.75, 3.05) is 0 Å². The van der Waals surface area contributed by atoms with Crippen LogP contribution in [0.3, 0.4) is 0 Å². The third kappa shape index (κ3) is 4.89. The highest BCUT2D eigenvalue weighted by atomic mass is 32.2. The van der Waals surface area contributed by atoms with Gasteiger partial charge in [0, 0.05) is 23.1 Å². The Morgan fingerprint density at radius 1 is 0.935 bits per heavy atom. The summed E-state index contributed by atoms with van der Waals surface area (Å²) in [6, 6.07) is 25.8. The van der Waals surface area contributed by atoms with Crippen LogP contribution < -0.4 is 0 Å². The number of esters is 1. The first-order valence-corrected chi connectivity index (χ1v) is 10.9. The highest BCUT2D eigenvalue weighted by Crippen LogP contribution is 2.36. The smallest absolute Gasteiger partial charge is 0.338 e. The lowest BCUT2D eigenvalue weighted by Crippen LogP contribution is -2.06. The third-order valence-corrected chi connectivity index (χ3v) is 6.18. The standard InChI is InChI=1S/C26H24N2O2S/c1-18-12-14-22(15-13-18)31-25-23(17-30-26(29)21-11-7-8-19(2)16-21)24(27-28(25)3)20-9-5-4-6-10-20/h4-16H,17H2,1-3H3. The minimum atomic E-state index is -0.335. The number of aromatic nitrogens is 2. The molecule has 0 atom stereocenters. The zero-order valence-corrected chi connectivity index (χ0v) is 18.6. The van der Waals surface area contributed by atoms with Gasteiger partial charge in [0.1, 0.15) is 17.3 Å². The number of rotatable bonds is 6. The number of hydrogen-bond donors (Lipinski definition) is 0. The quantitative estimate of drug-likeness (QED) is 0.342. The fourth-order valence-corrected chi connectivity index (χ4v) is 4.30. The van der Waals surface area contributed by atoms with Crippen LogP contribution >= 0.6 is 11.8 Å². The summed E-state index contributed by atoms with van der Waals surface area (Å²) in [7, 11) is 1.93. The lowest BCUT2D eigenvalue weighted by molar-refractivity contribution is 0.0470. The Balaban J connectivity index is 1.67. The number of benzene rings is 3. The number of nitrogens with zero attached hydrogens (tertiary/aromatic N) is 2. The molecule has 0 aliphatic carbocycles. The Morgan fingerprint density at radius 2 is 1.68 bits per heavy atom. The molecule has 31 heavy (non-hydrogen) atoms. The Labute approximate surface area is 186 Å². The molecule has 0 amide bonds. The zero-order valence-electron chi connectivity index (χ0n) is 17.8. The fourth-order valence-electron chi connectivity index (χ4n) is 3.35. The van der Waals surface area contributed by atoms with E-state index in [0.717, 1.165) is 32.3 Å². The van der Waals surface area contributed by atoms with Gasteiger partial charge in [0.25, 0.3) is 0 Å². The number of hydrogen-bond acceptors (Lipinski definition) is 4. The predicted molar refractivity (Wildman–Crippen MR) is 124 cm³/mol. The normalized spacial score (nSPS) is 10.8. The van der Waals surface area contributed by atoms with Crippen LogP contribution in [-0.2, 0) is 18.4 Å². The summed E-state index contributed by atoms with van der Waals surface area (Å²) in [5.41, 5.74) is 5.52. The minimum absolute atomic E-state index is 0.152.